The van der Waals surface area contributed by atoms with E-state index in [-0.39, 0.29) is 23.4 Å². The van der Waals surface area contributed by atoms with E-state index >= 15 is 0 Å². The van der Waals surface area contributed by atoms with Gasteiger partial charge in [-0.05, 0) is 6.42 Å². The molecule has 2 fully saturated rings. The molecule has 0 spiro atoms. The molecular formula is C15H10O3. The summed E-state index contributed by atoms with van der Waals surface area (Å²) in [7, 11) is 0. The zero-order chi connectivity index (χ0) is 12.1. The molecule has 4 aliphatic rings. The summed E-state index contributed by atoms with van der Waals surface area (Å²) < 4.78 is 5.82. The molecule has 1 aromatic carbocycles. The summed E-state index contributed by atoms with van der Waals surface area (Å²) in [5, 5.41) is 0. The van der Waals surface area contributed by atoms with Crippen molar-refractivity contribution in [1.82, 2.24) is 0 Å². The molecule has 0 amide bonds. The van der Waals surface area contributed by atoms with Gasteiger partial charge in [-0.2, -0.15) is 0 Å². The standard InChI is InChI=1S/C15H10O3/c16-12-10-3-1-2-4-11(10)13(17)15-9-6-5-8(7-9)14(12,15)18-15/h1-6,8-9H,7H2. The first-order valence-electron chi connectivity index (χ1n) is 6.29. The molecule has 4 unspecified atom stereocenters. The van der Waals surface area contributed by atoms with Crippen LogP contribution < -0.4 is 0 Å². The van der Waals surface area contributed by atoms with Gasteiger partial charge in [-0.15, -0.1) is 0 Å². The van der Waals surface area contributed by atoms with Crippen molar-refractivity contribution in [3.63, 3.8) is 0 Å². The van der Waals surface area contributed by atoms with Crippen molar-refractivity contribution in [3.8, 4) is 0 Å². The highest BCUT2D eigenvalue weighted by atomic mass is 16.6. The number of benzene rings is 1. The lowest BCUT2D eigenvalue weighted by atomic mass is 9.69. The Morgan fingerprint density at radius 1 is 0.944 bits per heavy atom. The number of fused-ring (bicyclic) bond motifs is 3. The Morgan fingerprint density at radius 3 is 1.94 bits per heavy atom. The van der Waals surface area contributed by atoms with Crippen LogP contribution >= 0.6 is 0 Å². The number of ketones is 2. The zero-order valence-electron chi connectivity index (χ0n) is 9.55. The second-order valence-corrected chi connectivity index (χ2v) is 5.61. The van der Waals surface area contributed by atoms with Gasteiger partial charge in [-0.25, -0.2) is 0 Å². The molecular weight excluding hydrogens is 228 g/mol. The van der Waals surface area contributed by atoms with Crippen LogP contribution in [0.2, 0.25) is 0 Å². The number of ether oxygens (including phenoxy) is 1. The Balaban J connectivity index is 1.86. The van der Waals surface area contributed by atoms with E-state index in [4.69, 9.17) is 4.74 Å². The molecule has 0 aromatic heterocycles. The molecule has 3 heteroatoms. The molecule has 0 radical (unpaired) electrons. The van der Waals surface area contributed by atoms with E-state index in [1.54, 1.807) is 24.3 Å². The van der Waals surface area contributed by atoms with Crippen LogP contribution in [0, 0.1) is 11.8 Å². The van der Waals surface area contributed by atoms with Gasteiger partial charge in [0.15, 0.2) is 22.8 Å². The van der Waals surface area contributed by atoms with Crippen molar-refractivity contribution >= 4 is 11.6 Å². The lowest BCUT2D eigenvalue weighted by molar-refractivity contribution is 0.0811. The van der Waals surface area contributed by atoms with E-state index in [1.165, 1.54) is 0 Å². The Labute approximate surface area is 103 Å². The van der Waals surface area contributed by atoms with Gasteiger partial charge in [-0.3, -0.25) is 9.59 Å². The lowest BCUT2D eigenvalue weighted by Gasteiger charge is -2.25. The minimum atomic E-state index is -0.849. The van der Waals surface area contributed by atoms with Gasteiger partial charge in [0, 0.05) is 23.0 Å². The summed E-state index contributed by atoms with van der Waals surface area (Å²) in [5.74, 6) is 0.198. The first kappa shape index (κ1) is 9.22. The number of hydrogen-bond donors (Lipinski definition) is 0. The molecule has 1 aliphatic heterocycles. The van der Waals surface area contributed by atoms with Crippen LogP contribution in [0.15, 0.2) is 36.4 Å². The quantitative estimate of drug-likeness (QED) is 0.511. The summed E-state index contributed by atoms with van der Waals surface area (Å²) in [6.07, 6.45) is 4.98. The van der Waals surface area contributed by atoms with E-state index in [1.807, 2.05) is 0 Å². The zero-order valence-corrected chi connectivity index (χ0v) is 9.55. The summed E-state index contributed by atoms with van der Waals surface area (Å²) in [6, 6.07) is 7.09. The Morgan fingerprint density at radius 2 is 1.44 bits per heavy atom. The highest BCUT2D eigenvalue weighted by Gasteiger charge is 2.89. The third-order valence-electron chi connectivity index (χ3n) is 5.05. The fraction of sp³-hybridized carbons (Fsp3) is 0.333. The van der Waals surface area contributed by atoms with Crippen LogP contribution in [0.3, 0.4) is 0 Å². The maximum Gasteiger partial charge on any atom is 0.199 e. The lowest BCUT2D eigenvalue weighted by Crippen LogP contribution is -2.47. The molecule has 3 nitrogen and oxygen atoms in total. The van der Waals surface area contributed by atoms with Crippen molar-refractivity contribution < 1.29 is 14.3 Å². The predicted molar refractivity (Wildman–Crippen MR) is 62.4 cm³/mol. The summed E-state index contributed by atoms with van der Waals surface area (Å²) in [6.45, 7) is 0. The second kappa shape index (κ2) is 2.36. The van der Waals surface area contributed by atoms with E-state index in [0.29, 0.717) is 11.1 Å². The summed E-state index contributed by atoms with van der Waals surface area (Å²) in [4.78, 5) is 25.4. The average molecular weight is 238 g/mol. The number of epoxide rings is 1. The monoisotopic (exact) mass is 238 g/mol. The van der Waals surface area contributed by atoms with Gasteiger partial charge in [-0.1, -0.05) is 36.4 Å². The number of carbonyl (C=O) groups excluding carboxylic acids is 2. The van der Waals surface area contributed by atoms with Crippen molar-refractivity contribution in [2.75, 3.05) is 0 Å². The topological polar surface area (TPSA) is 46.7 Å². The first-order valence-corrected chi connectivity index (χ1v) is 6.29. The molecule has 2 bridgehead atoms. The largest absolute Gasteiger partial charge is 0.344 e. The van der Waals surface area contributed by atoms with Gasteiger partial charge in [0.2, 0.25) is 0 Å². The van der Waals surface area contributed by atoms with Crippen molar-refractivity contribution in [2.24, 2.45) is 11.8 Å². The normalized spacial score (nSPS) is 45.8. The average Bonchev–Trinajstić information content (AvgIpc) is 2.82. The second-order valence-electron chi connectivity index (χ2n) is 5.61. The van der Waals surface area contributed by atoms with Crippen LogP contribution in [0.4, 0.5) is 0 Å². The summed E-state index contributed by atoms with van der Waals surface area (Å²) >= 11 is 0. The van der Waals surface area contributed by atoms with Crippen LogP contribution in [0.1, 0.15) is 27.1 Å². The van der Waals surface area contributed by atoms with Crippen molar-refractivity contribution in [2.45, 2.75) is 17.6 Å². The van der Waals surface area contributed by atoms with Gasteiger partial charge in [0.05, 0.1) is 0 Å². The molecule has 1 saturated carbocycles. The predicted octanol–water partition coefficient (Wildman–Crippen LogP) is 1.78. The molecule has 1 aromatic rings. The Hall–Kier alpha value is -1.74. The maximum absolute atomic E-state index is 12.7. The summed E-state index contributed by atoms with van der Waals surface area (Å²) in [5.41, 5.74) is -0.622. The third-order valence-corrected chi connectivity index (χ3v) is 5.05. The minimum Gasteiger partial charge on any atom is -0.344 e. The van der Waals surface area contributed by atoms with Gasteiger partial charge in [0.1, 0.15) is 0 Å². The minimum absolute atomic E-state index is 0.00884. The molecule has 3 aliphatic carbocycles. The molecule has 88 valence electrons. The van der Waals surface area contributed by atoms with Crippen LogP contribution in [0.5, 0.6) is 0 Å². The van der Waals surface area contributed by atoms with E-state index in [9.17, 15) is 9.59 Å². The van der Waals surface area contributed by atoms with E-state index in [2.05, 4.69) is 12.2 Å². The highest BCUT2D eigenvalue weighted by Crippen LogP contribution is 2.72. The smallest absolute Gasteiger partial charge is 0.199 e. The molecule has 5 rings (SSSR count). The number of hydrogen-bond acceptors (Lipinski definition) is 3. The van der Waals surface area contributed by atoms with Gasteiger partial charge >= 0.3 is 0 Å². The Kier molecular flexibility index (Phi) is 1.21. The molecule has 1 saturated heterocycles. The van der Waals surface area contributed by atoms with Crippen LogP contribution in [0.25, 0.3) is 0 Å². The maximum atomic E-state index is 12.7. The van der Waals surface area contributed by atoms with Gasteiger partial charge in [0.25, 0.3) is 0 Å². The van der Waals surface area contributed by atoms with E-state index in [0.717, 1.165) is 6.42 Å². The highest BCUT2D eigenvalue weighted by molar-refractivity contribution is 6.26. The number of Topliss-reactive ketones (excluding diaryl/α,β-unsaturated/α-hetero) is 2. The molecule has 4 atom stereocenters. The SMILES string of the molecule is O=C1c2ccccc2C(=O)C23OC12C1C=CC3C1. The van der Waals surface area contributed by atoms with Crippen molar-refractivity contribution in [3.05, 3.63) is 47.5 Å². The number of rotatable bonds is 0. The number of carbonyl (C=O) groups is 2. The molecule has 18 heavy (non-hydrogen) atoms. The van der Waals surface area contributed by atoms with Gasteiger partial charge < -0.3 is 4.74 Å². The van der Waals surface area contributed by atoms with E-state index < -0.39 is 11.2 Å². The first-order chi connectivity index (χ1) is 8.72. The fourth-order valence-electron chi connectivity index (χ4n) is 4.28. The fourth-order valence-corrected chi connectivity index (χ4v) is 4.28. The van der Waals surface area contributed by atoms with Crippen LogP contribution in [-0.2, 0) is 4.74 Å². The molecule has 1 heterocycles. The molecule has 0 N–H and O–H groups in total. The Bertz CT molecular complexity index is 619. The van der Waals surface area contributed by atoms with Crippen LogP contribution in [-0.4, -0.2) is 22.8 Å². The van der Waals surface area contributed by atoms with Crippen molar-refractivity contribution in [1.29, 1.82) is 0 Å². The third kappa shape index (κ3) is 0.627.